The normalized spacial score (nSPS) is 14.3. The third kappa shape index (κ3) is 3.17. The average molecular weight is 263 g/mol. The largest absolute Gasteiger partial charge is 0.339 e. The van der Waals surface area contributed by atoms with E-state index in [1.54, 1.807) is 18.2 Å². The van der Waals surface area contributed by atoms with E-state index in [0.29, 0.717) is 23.7 Å². The summed E-state index contributed by atoms with van der Waals surface area (Å²) in [7, 11) is 1.89. The number of rotatable bonds is 5. The molecule has 19 heavy (non-hydrogen) atoms. The molecule has 1 heterocycles. The second kappa shape index (κ2) is 5.93. The van der Waals surface area contributed by atoms with Gasteiger partial charge in [-0.3, -0.25) is 0 Å². The number of likely N-dealkylation sites (N-methyl/N-ethyl adjacent to an activating group) is 1. The van der Waals surface area contributed by atoms with E-state index in [4.69, 9.17) is 4.52 Å². The van der Waals surface area contributed by atoms with E-state index in [0.717, 1.165) is 0 Å². The van der Waals surface area contributed by atoms with Crippen LogP contribution in [-0.2, 0) is 6.42 Å². The van der Waals surface area contributed by atoms with Gasteiger partial charge in [-0.2, -0.15) is 4.98 Å². The molecular weight excluding hydrogens is 245 g/mol. The van der Waals surface area contributed by atoms with Crippen molar-refractivity contribution in [3.05, 3.63) is 47.4 Å². The number of hydrogen-bond acceptors (Lipinski definition) is 4. The van der Waals surface area contributed by atoms with Gasteiger partial charge in [0.05, 0.1) is 5.92 Å². The number of halogens is 1. The summed E-state index contributed by atoms with van der Waals surface area (Å²) in [4.78, 5) is 4.33. The SMILES string of the molecule is CNC(C)C(C)c1nc(Cc2ccccc2F)no1. The van der Waals surface area contributed by atoms with Crippen LogP contribution in [0.25, 0.3) is 0 Å². The van der Waals surface area contributed by atoms with Gasteiger partial charge in [0.2, 0.25) is 5.89 Å². The molecule has 2 atom stereocenters. The van der Waals surface area contributed by atoms with Gasteiger partial charge >= 0.3 is 0 Å². The number of benzene rings is 1. The van der Waals surface area contributed by atoms with Gasteiger partial charge in [-0.05, 0) is 25.6 Å². The second-order valence-corrected chi connectivity index (χ2v) is 4.68. The summed E-state index contributed by atoms with van der Waals surface area (Å²) in [6.45, 7) is 4.06. The van der Waals surface area contributed by atoms with Crippen LogP contribution in [0.2, 0.25) is 0 Å². The molecule has 0 fully saturated rings. The molecule has 2 unspecified atom stereocenters. The quantitative estimate of drug-likeness (QED) is 0.900. The Labute approximate surface area is 112 Å². The summed E-state index contributed by atoms with van der Waals surface area (Å²) in [6, 6.07) is 6.86. The summed E-state index contributed by atoms with van der Waals surface area (Å²) in [6.07, 6.45) is 0.344. The van der Waals surface area contributed by atoms with Crippen LogP contribution in [0.3, 0.4) is 0 Å². The van der Waals surface area contributed by atoms with Gasteiger partial charge in [-0.25, -0.2) is 4.39 Å². The van der Waals surface area contributed by atoms with E-state index in [1.807, 2.05) is 20.9 Å². The molecule has 0 amide bonds. The molecule has 0 aliphatic rings. The Bertz CT molecular complexity index is 541. The first kappa shape index (κ1) is 13.7. The maximum atomic E-state index is 13.5. The molecule has 0 bridgehead atoms. The van der Waals surface area contributed by atoms with E-state index in [1.165, 1.54) is 6.07 Å². The van der Waals surface area contributed by atoms with Gasteiger partial charge in [0, 0.05) is 12.5 Å². The van der Waals surface area contributed by atoms with Crippen LogP contribution in [0.1, 0.15) is 37.0 Å². The summed E-state index contributed by atoms with van der Waals surface area (Å²) >= 11 is 0. The molecule has 5 heteroatoms. The molecule has 2 rings (SSSR count). The Morgan fingerprint density at radius 1 is 1.32 bits per heavy atom. The lowest BCUT2D eigenvalue weighted by Crippen LogP contribution is -2.27. The molecule has 0 aliphatic carbocycles. The molecule has 0 spiro atoms. The van der Waals surface area contributed by atoms with Gasteiger partial charge in [0.1, 0.15) is 5.82 Å². The van der Waals surface area contributed by atoms with Crippen LogP contribution < -0.4 is 5.32 Å². The Morgan fingerprint density at radius 3 is 2.74 bits per heavy atom. The topological polar surface area (TPSA) is 51.0 Å². The highest BCUT2D eigenvalue weighted by molar-refractivity contribution is 5.20. The fraction of sp³-hybridized carbons (Fsp3) is 0.429. The van der Waals surface area contributed by atoms with Crippen molar-refractivity contribution in [3.8, 4) is 0 Å². The van der Waals surface area contributed by atoms with Crippen LogP contribution in [-0.4, -0.2) is 23.2 Å². The molecule has 102 valence electrons. The predicted octanol–water partition coefficient (Wildman–Crippen LogP) is 2.51. The summed E-state index contributed by atoms with van der Waals surface area (Å²) in [5.41, 5.74) is 0.573. The fourth-order valence-corrected chi connectivity index (χ4v) is 1.80. The van der Waals surface area contributed by atoms with Crippen molar-refractivity contribution in [3.63, 3.8) is 0 Å². The van der Waals surface area contributed by atoms with Gasteiger partial charge in [0.15, 0.2) is 5.82 Å². The lowest BCUT2D eigenvalue weighted by molar-refractivity contribution is 0.333. The third-order valence-corrected chi connectivity index (χ3v) is 3.39. The third-order valence-electron chi connectivity index (χ3n) is 3.39. The standard InChI is InChI=1S/C14H18FN3O/c1-9(10(2)16-3)14-17-13(18-19-14)8-11-6-4-5-7-12(11)15/h4-7,9-10,16H,8H2,1-3H3. The van der Waals surface area contributed by atoms with Gasteiger partial charge in [0.25, 0.3) is 0 Å². The predicted molar refractivity (Wildman–Crippen MR) is 70.4 cm³/mol. The first-order valence-electron chi connectivity index (χ1n) is 6.35. The average Bonchev–Trinajstić information content (AvgIpc) is 2.88. The first-order chi connectivity index (χ1) is 9.11. The molecule has 1 aromatic carbocycles. The van der Waals surface area contributed by atoms with Crippen molar-refractivity contribution < 1.29 is 8.91 Å². The number of nitrogens with zero attached hydrogens (tertiary/aromatic N) is 2. The fourth-order valence-electron chi connectivity index (χ4n) is 1.80. The van der Waals surface area contributed by atoms with Crippen molar-refractivity contribution in [2.45, 2.75) is 32.2 Å². The molecule has 2 aromatic rings. The van der Waals surface area contributed by atoms with Crippen LogP contribution in [0, 0.1) is 5.82 Å². The molecule has 4 nitrogen and oxygen atoms in total. The van der Waals surface area contributed by atoms with Crippen molar-refractivity contribution in [2.75, 3.05) is 7.05 Å². The molecule has 0 saturated carbocycles. The lowest BCUT2D eigenvalue weighted by atomic mass is 10.0. The molecule has 0 saturated heterocycles. The van der Waals surface area contributed by atoms with Crippen LogP contribution in [0.15, 0.2) is 28.8 Å². The van der Waals surface area contributed by atoms with Crippen molar-refractivity contribution in [1.82, 2.24) is 15.5 Å². The van der Waals surface area contributed by atoms with E-state index in [9.17, 15) is 4.39 Å². The van der Waals surface area contributed by atoms with Crippen molar-refractivity contribution in [1.29, 1.82) is 0 Å². The lowest BCUT2D eigenvalue weighted by Gasteiger charge is -2.14. The van der Waals surface area contributed by atoms with E-state index in [2.05, 4.69) is 15.5 Å². The minimum Gasteiger partial charge on any atom is -0.339 e. The maximum Gasteiger partial charge on any atom is 0.231 e. The molecule has 1 N–H and O–H groups in total. The van der Waals surface area contributed by atoms with Crippen LogP contribution in [0.5, 0.6) is 0 Å². The van der Waals surface area contributed by atoms with Crippen LogP contribution >= 0.6 is 0 Å². The number of hydrogen-bond donors (Lipinski definition) is 1. The zero-order valence-electron chi connectivity index (χ0n) is 11.4. The second-order valence-electron chi connectivity index (χ2n) is 4.68. The summed E-state index contributed by atoms with van der Waals surface area (Å²) in [5.74, 6) is 0.959. The van der Waals surface area contributed by atoms with Gasteiger partial charge in [-0.1, -0.05) is 30.3 Å². The number of nitrogens with one attached hydrogen (secondary N) is 1. The highest BCUT2D eigenvalue weighted by Crippen LogP contribution is 2.18. The van der Waals surface area contributed by atoms with Crippen molar-refractivity contribution >= 4 is 0 Å². The highest BCUT2D eigenvalue weighted by Gasteiger charge is 2.19. The molecular formula is C14H18FN3O. The Kier molecular flexibility index (Phi) is 4.27. The van der Waals surface area contributed by atoms with E-state index in [-0.39, 0.29) is 17.8 Å². The Morgan fingerprint density at radius 2 is 2.05 bits per heavy atom. The van der Waals surface area contributed by atoms with Gasteiger partial charge < -0.3 is 9.84 Å². The van der Waals surface area contributed by atoms with Gasteiger partial charge in [-0.15, -0.1) is 0 Å². The monoisotopic (exact) mass is 263 g/mol. The van der Waals surface area contributed by atoms with Crippen molar-refractivity contribution in [2.24, 2.45) is 0 Å². The summed E-state index contributed by atoms with van der Waals surface area (Å²) < 4.78 is 18.8. The minimum atomic E-state index is -0.245. The van der Waals surface area contributed by atoms with E-state index >= 15 is 0 Å². The number of aromatic nitrogens is 2. The zero-order chi connectivity index (χ0) is 13.8. The first-order valence-corrected chi connectivity index (χ1v) is 6.35. The Balaban J connectivity index is 2.12. The Hall–Kier alpha value is -1.75. The smallest absolute Gasteiger partial charge is 0.231 e. The van der Waals surface area contributed by atoms with E-state index < -0.39 is 0 Å². The molecule has 0 radical (unpaired) electrons. The maximum absolute atomic E-state index is 13.5. The highest BCUT2D eigenvalue weighted by atomic mass is 19.1. The summed E-state index contributed by atoms with van der Waals surface area (Å²) in [5, 5.41) is 7.05. The zero-order valence-corrected chi connectivity index (χ0v) is 11.4. The molecule has 0 aliphatic heterocycles. The van der Waals surface area contributed by atoms with Crippen LogP contribution in [0.4, 0.5) is 4.39 Å². The minimum absolute atomic E-state index is 0.117. The molecule has 1 aromatic heterocycles.